The Morgan fingerprint density at radius 1 is 1.62 bits per heavy atom. The summed E-state index contributed by atoms with van der Waals surface area (Å²) in [6, 6.07) is 0.176. The largest absolute Gasteiger partial charge is 0.393 e. The van der Waals surface area contributed by atoms with Crippen LogP contribution in [-0.4, -0.2) is 17.3 Å². The number of rotatable bonds is 3. The third-order valence-electron chi connectivity index (χ3n) is 1.17. The second-order valence-corrected chi connectivity index (χ2v) is 2.25. The van der Waals surface area contributed by atoms with Crippen LogP contribution < -0.4 is 5.73 Å². The molecule has 0 saturated carbocycles. The molecule has 0 spiro atoms. The maximum Gasteiger partial charge on any atom is 0.0526 e. The Bertz CT molecular complexity index is 54.5. The van der Waals surface area contributed by atoms with E-state index in [1.165, 1.54) is 0 Å². The Morgan fingerprint density at radius 2 is 2.12 bits per heavy atom. The molecule has 0 aliphatic heterocycles. The number of aliphatic hydroxyl groups is 1. The third kappa shape index (κ3) is 4.09. The summed E-state index contributed by atoms with van der Waals surface area (Å²) in [4.78, 5) is 0. The van der Waals surface area contributed by atoms with Gasteiger partial charge in [-0.05, 0) is 19.8 Å². The molecule has 8 heavy (non-hydrogen) atoms. The van der Waals surface area contributed by atoms with Crippen LogP contribution in [-0.2, 0) is 0 Å². The molecule has 0 aliphatic rings. The first-order chi connectivity index (χ1) is 3.66. The first kappa shape index (κ1) is 7.92. The van der Waals surface area contributed by atoms with Gasteiger partial charge in [0.15, 0.2) is 0 Å². The van der Waals surface area contributed by atoms with Gasteiger partial charge in [-0.15, -0.1) is 0 Å². The van der Waals surface area contributed by atoms with Crippen LogP contribution in [0, 0.1) is 0 Å². The third-order valence-corrected chi connectivity index (χ3v) is 1.17. The lowest BCUT2D eigenvalue weighted by atomic mass is 10.1. The highest BCUT2D eigenvalue weighted by Crippen LogP contribution is 1.96. The van der Waals surface area contributed by atoms with Crippen molar-refractivity contribution in [2.75, 3.05) is 0 Å². The number of hydrogen-bond acceptors (Lipinski definition) is 2. The van der Waals surface area contributed by atoms with E-state index in [0.717, 1.165) is 12.8 Å². The van der Waals surface area contributed by atoms with Crippen LogP contribution in [0.1, 0.15) is 26.7 Å². The van der Waals surface area contributed by atoms with Crippen molar-refractivity contribution < 1.29 is 5.11 Å². The first-order valence-corrected chi connectivity index (χ1v) is 3.10. The van der Waals surface area contributed by atoms with Crippen molar-refractivity contribution in [2.24, 2.45) is 5.73 Å². The quantitative estimate of drug-likeness (QED) is 0.565. The Kier molecular flexibility index (Phi) is 3.83. The highest BCUT2D eigenvalue weighted by Gasteiger charge is 2.01. The van der Waals surface area contributed by atoms with Crippen molar-refractivity contribution in [3.63, 3.8) is 0 Å². The maximum absolute atomic E-state index is 8.77. The van der Waals surface area contributed by atoms with Crippen molar-refractivity contribution in [3.05, 3.63) is 0 Å². The standard InChI is InChI=1S/C6H15NO/c1-3-6(7)4-5(2)8/h5-6,8H,3-4,7H2,1-2H3. The average molecular weight is 117 g/mol. The average Bonchev–Trinajstić information content (AvgIpc) is 1.65. The van der Waals surface area contributed by atoms with E-state index in [4.69, 9.17) is 10.8 Å². The minimum atomic E-state index is -0.245. The highest BCUT2D eigenvalue weighted by atomic mass is 16.3. The molecule has 50 valence electrons. The number of nitrogens with two attached hydrogens (primary N) is 1. The zero-order chi connectivity index (χ0) is 6.57. The van der Waals surface area contributed by atoms with Crippen molar-refractivity contribution in [2.45, 2.75) is 38.8 Å². The maximum atomic E-state index is 8.77. The molecule has 0 amide bonds. The molecule has 0 aromatic heterocycles. The normalized spacial score (nSPS) is 18.0. The second kappa shape index (κ2) is 3.87. The molecule has 2 unspecified atom stereocenters. The molecule has 2 nitrogen and oxygen atoms in total. The van der Waals surface area contributed by atoms with Gasteiger partial charge in [-0.2, -0.15) is 0 Å². The van der Waals surface area contributed by atoms with Crippen LogP contribution in [0.25, 0.3) is 0 Å². The van der Waals surface area contributed by atoms with E-state index in [1.54, 1.807) is 6.92 Å². The SMILES string of the molecule is CCC(N)CC(C)O. The molecule has 0 aliphatic carbocycles. The molecule has 0 aromatic rings. The molecule has 2 atom stereocenters. The number of hydrogen-bond donors (Lipinski definition) is 2. The van der Waals surface area contributed by atoms with Crippen molar-refractivity contribution >= 4 is 0 Å². The predicted octanol–water partition coefficient (Wildman–Crippen LogP) is 0.495. The topological polar surface area (TPSA) is 46.2 Å². The molecule has 0 aromatic carbocycles. The monoisotopic (exact) mass is 117 g/mol. The van der Waals surface area contributed by atoms with Gasteiger partial charge in [0.05, 0.1) is 6.10 Å². The van der Waals surface area contributed by atoms with Gasteiger partial charge < -0.3 is 10.8 Å². The summed E-state index contributed by atoms with van der Waals surface area (Å²) in [5, 5.41) is 8.77. The predicted molar refractivity (Wildman–Crippen MR) is 34.6 cm³/mol. The van der Waals surface area contributed by atoms with Gasteiger partial charge in [0, 0.05) is 6.04 Å². The van der Waals surface area contributed by atoms with Gasteiger partial charge in [0.25, 0.3) is 0 Å². The van der Waals surface area contributed by atoms with Crippen LogP contribution in [0.5, 0.6) is 0 Å². The van der Waals surface area contributed by atoms with Gasteiger partial charge in [0.2, 0.25) is 0 Å². The molecule has 2 heteroatoms. The van der Waals surface area contributed by atoms with Crippen LogP contribution in [0.15, 0.2) is 0 Å². The summed E-state index contributed by atoms with van der Waals surface area (Å²) in [6.07, 6.45) is 1.42. The van der Waals surface area contributed by atoms with E-state index >= 15 is 0 Å². The lowest BCUT2D eigenvalue weighted by Crippen LogP contribution is -2.23. The van der Waals surface area contributed by atoms with Crippen LogP contribution in [0.4, 0.5) is 0 Å². The van der Waals surface area contributed by atoms with Gasteiger partial charge in [-0.3, -0.25) is 0 Å². The Morgan fingerprint density at radius 3 is 2.25 bits per heavy atom. The fourth-order valence-corrected chi connectivity index (χ4v) is 0.605. The van der Waals surface area contributed by atoms with Crippen molar-refractivity contribution in [1.82, 2.24) is 0 Å². The lowest BCUT2D eigenvalue weighted by molar-refractivity contribution is 0.174. The Labute approximate surface area is 50.7 Å². The van der Waals surface area contributed by atoms with Gasteiger partial charge in [-0.1, -0.05) is 6.92 Å². The molecule has 0 heterocycles. The van der Waals surface area contributed by atoms with Crippen LogP contribution >= 0.6 is 0 Å². The highest BCUT2D eigenvalue weighted by molar-refractivity contribution is 4.60. The van der Waals surface area contributed by atoms with Crippen LogP contribution in [0.2, 0.25) is 0 Å². The van der Waals surface area contributed by atoms with Crippen LogP contribution in [0.3, 0.4) is 0 Å². The first-order valence-electron chi connectivity index (χ1n) is 3.10. The molecular formula is C6H15NO. The van der Waals surface area contributed by atoms with E-state index in [0.29, 0.717) is 0 Å². The smallest absolute Gasteiger partial charge is 0.0526 e. The Hall–Kier alpha value is -0.0800. The zero-order valence-corrected chi connectivity index (χ0v) is 5.59. The fourth-order valence-electron chi connectivity index (χ4n) is 0.605. The van der Waals surface area contributed by atoms with Crippen molar-refractivity contribution in [3.8, 4) is 0 Å². The van der Waals surface area contributed by atoms with Gasteiger partial charge >= 0.3 is 0 Å². The van der Waals surface area contributed by atoms with Crippen molar-refractivity contribution in [1.29, 1.82) is 0 Å². The number of aliphatic hydroxyl groups excluding tert-OH is 1. The molecule has 3 N–H and O–H groups in total. The van der Waals surface area contributed by atoms with E-state index in [1.807, 2.05) is 6.92 Å². The summed E-state index contributed by atoms with van der Waals surface area (Å²) < 4.78 is 0. The minimum Gasteiger partial charge on any atom is -0.393 e. The minimum absolute atomic E-state index is 0.176. The van der Waals surface area contributed by atoms with E-state index in [-0.39, 0.29) is 12.1 Å². The summed E-state index contributed by atoms with van der Waals surface area (Å²) in [5.41, 5.74) is 5.51. The Balaban J connectivity index is 3.10. The summed E-state index contributed by atoms with van der Waals surface area (Å²) in [7, 11) is 0. The molecule has 0 radical (unpaired) electrons. The molecule has 0 fully saturated rings. The molecule has 0 bridgehead atoms. The van der Waals surface area contributed by atoms with E-state index in [2.05, 4.69) is 0 Å². The van der Waals surface area contributed by atoms with Gasteiger partial charge in [-0.25, -0.2) is 0 Å². The lowest BCUT2D eigenvalue weighted by Gasteiger charge is -2.09. The van der Waals surface area contributed by atoms with E-state index < -0.39 is 0 Å². The zero-order valence-electron chi connectivity index (χ0n) is 5.59. The van der Waals surface area contributed by atoms with E-state index in [9.17, 15) is 0 Å². The summed E-state index contributed by atoms with van der Waals surface area (Å²) >= 11 is 0. The molecule has 0 saturated heterocycles. The summed E-state index contributed by atoms with van der Waals surface area (Å²) in [5.74, 6) is 0. The molecular weight excluding hydrogens is 102 g/mol. The van der Waals surface area contributed by atoms with Gasteiger partial charge in [0.1, 0.15) is 0 Å². The second-order valence-electron chi connectivity index (χ2n) is 2.25. The molecule has 0 rings (SSSR count). The fraction of sp³-hybridized carbons (Fsp3) is 1.00. The summed E-state index contributed by atoms with van der Waals surface area (Å²) in [6.45, 7) is 3.78.